The lowest BCUT2D eigenvalue weighted by Gasteiger charge is -2.47. The van der Waals surface area contributed by atoms with Gasteiger partial charge in [0, 0.05) is 17.7 Å². The number of halogens is 2. The van der Waals surface area contributed by atoms with Gasteiger partial charge in [0.1, 0.15) is 17.4 Å². The van der Waals surface area contributed by atoms with E-state index in [4.69, 9.17) is 4.52 Å². The molecule has 0 saturated carbocycles. The van der Waals surface area contributed by atoms with E-state index < -0.39 is 11.7 Å². The van der Waals surface area contributed by atoms with Crippen molar-refractivity contribution in [2.24, 2.45) is 5.92 Å². The largest absolute Gasteiger partial charge is 0.480 e. The molecule has 0 spiro atoms. The topological polar surface area (TPSA) is 46.6 Å². The standard InChI is InChI=1S/C24H20F2NO3P/c25-17-5-1-15(2-6-17)22(28)14-13-21-23(16-3-11-20(30-31)12-4-16)27(24(21)29)19-9-7-18(26)8-10-19/h1-12,21,23H,13-14,31H2/t21-,23-/m1/s1. The van der Waals surface area contributed by atoms with E-state index in [9.17, 15) is 18.4 Å². The van der Waals surface area contributed by atoms with Crippen molar-refractivity contribution in [1.82, 2.24) is 0 Å². The number of rotatable bonds is 7. The highest BCUT2D eigenvalue weighted by Gasteiger charge is 2.48. The third-order valence-corrected chi connectivity index (χ3v) is 5.80. The van der Waals surface area contributed by atoms with E-state index in [0.29, 0.717) is 23.4 Å². The summed E-state index contributed by atoms with van der Waals surface area (Å²) < 4.78 is 31.6. The summed E-state index contributed by atoms with van der Waals surface area (Å²) in [4.78, 5) is 27.1. The molecule has 1 aliphatic rings. The highest BCUT2D eigenvalue weighted by Crippen LogP contribution is 2.46. The number of benzene rings is 3. The lowest BCUT2D eigenvalue weighted by Crippen LogP contribution is -2.55. The summed E-state index contributed by atoms with van der Waals surface area (Å²) in [5.41, 5.74) is 1.92. The molecule has 1 heterocycles. The van der Waals surface area contributed by atoms with Crippen LogP contribution in [0.25, 0.3) is 0 Å². The van der Waals surface area contributed by atoms with E-state index in [0.717, 1.165) is 5.56 Å². The normalized spacial score (nSPS) is 17.9. The number of hydrogen-bond acceptors (Lipinski definition) is 3. The van der Waals surface area contributed by atoms with Crippen molar-refractivity contribution in [3.8, 4) is 5.75 Å². The van der Waals surface area contributed by atoms with Crippen molar-refractivity contribution in [3.63, 3.8) is 0 Å². The predicted octanol–water partition coefficient (Wildman–Crippen LogP) is 5.50. The van der Waals surface area contributed by atoms with Crippen molar-refractivity contribution in [3.05, 3.63) is 95.6 Å². The SMILES string of the molecule is O=C(CC[C@H]1C(=O)N(c2ccc(F)cc2)[C@@H]1c1ccc(OP)cc1)c1ccc(F)cc1. The lowest BCUT2D eigenvalue weighted by atomic mass is 9.78. The molecule has 0 aromatic heterocycles. The fourth-order valence-electron chi connectivity index (χ4n) is 3.91. The Bertz CT molecular complexity index is 1090. The zero-order valence-corrected chi connectivity index (χ0v) is 17.7. The summed E-state index contributed by atoms with van der Waals surface area (Å²) in [5, 5.41) is 0. The molecule has 4 nitrogen and oxygen atoms in total. The summed E-state index contributed by atoms with van der Waals surface area (Å²) >= 11 is 0. The molecule has 7 heteroatoms. The van der Waals surface area contributed by atoms with Crippen LogP contribution in [0.4, 0.5) is 14.5 Å². The smallest absolute Gasteiger partial charge is 0.233 e. The minimum absolute atomic E-state index is 0.116. The van der Waals surface area contributed by atoms with Gasteiger partial charge >= 0.3 is 0 Å². The van der Waals surface area contributed by atoms with Crippen molar-refractivity contribution < 1.29 is 22.9 Å². The maximum absolute atomic E-state index is 13.4. The van der Waals surface area contributed by atoms with Gasteiger partial charge in [-0.05, 0) is 72.6 Å². The van der Waals surface area contributed by atoms with E-state index in [1.54, 1.807) is 29.2 Å². The molecule has 1 fully saturated rings. The Morgan fingerprint density at radius 3 is 2.06 bits per heavy atom. The molecule has 0 N–H and O–H groups in total. The molecule has 1 amide bonds. The summed E-state index contributed by atoms with van der Waals surface area (Å²) in [6, 6.07) is 18.2. The molecule has 1 saturated heterocycles. The second-order valence-electron chi connectivity index (χ2n) is 7.39. The van der Waals surface area contributed by atoms with Gasteiger partial charge in [-0.1, -0.05) is 12.1 Å². The molecule has 4 rings (SSSR count). The minimum atomic E-state index is -0.404. The molecular weight excluding hydrogens is 419 g/mol. The zero-order chi connectivity index (χ0) is 22.0. The Kier molecular flexibility index (Phi) is 6.10. The number of anilines is 1. The fourth-order valence-corrected chi connectivity index (χ4v) is 4.07. The number of ketones is 1. The number of β-lactam (4-membered cyclic amide) rings is 1. The molecule has 1 unspecified atom stereocenters. The quantitative estimate of drug-likeness (QED) is 0.277. The first kappa shape index (κ1) is 21.1. The van der Waals surface area contributed by atoms with Gasteiger partial charge < -0.3 is 9.42 Å². The van der Waals surface area contributed by atoms with Crippen LogP contribution in [0.5, 0.6) is 5.75 Å². The highest BCUT2D eigenvalue weighted by molar-refractivity contribution is 7.10. The first-order chi connectivity index (χ1) is 15.0. The first-order valence-electron chi connectivity index (χ1n) is 9.82. The van der Waals surface area contributed by atoms with Gasteiger partial charge in [-0.25, -0.2) is 8.78 Å². The van der Waals surface area contributed by atoms with Gasteiger partial charge in [0.2, 0.25) is 5.91 Å². The lowest BCUT2D eigenvalue weighted by molar-refractivity contribution is -0.130. The van der Waals surface area contributed by atoms with Crippen LogP contribution in [0.15, 0.2) is 72.8 Å². The average molecular weight is 439 g/mol. The van der Waals surface area contributed by atoms with Crippen LogP contribution in [0, 0.1) is 17.6 Å². The predicted molar refractivity (Wildman–Crippen MR) is 117 cm³/mol. The molecule has 158 valence electrons. The Balaban J connectivity index is 1.56. The summed E-state index contributed by atoms with van der Waals surface area (Å²) in [5.74, 6) is -0.767. The maximum atomic E-state index is 13.4. The van der Waals surface area contributed by atoms with E-state index >= 15 is 0 Å². The molecule has 0 bridgehead atoms. The van der Waals surface area contributed by atoms with Crippen LogP contribution in [-0.2, 0) is 4.79 Å². The number of Topliss-reactive ketones (excluding diaryl/α,β-unsaturated/α-hetero) is 1. The summed E-state index contributed by atoms with van der Waals surface area (Å²) in [6.07, 6.45) is 0.530. The third-order valence-electron chi connectivity index (χ3n) is 5.53. The molecule has 1 aliphatic heterocycles. The third kappa shape index (κ3) is 4.35. The van der Waals surface area contributed by atoms with Gasteiger partial charge in [-0.2, -0.15) is 0 Å². The van der Waals surface area contributed by atoms with Crippen LogP contribution in [0.3, 0.4) is 0 Å². The van der Waals surface area contributed by atoms with Crippen molar-refractivity contribution in [2.45, 2.75) is 18.9 Å². The fraction of sp³-hybridized carbons (Fsp3) is 0.167. The second kappa shape index (κ2) is 8.94. The number of hydrogen-bond donors (Lipinski definition) is 0. The van der Waals surface area contributed by atoms with E-state index in [1.165, 1.54) is 36.4 Å². The number of carbonyl (C=O) groups excluding carboxylic acids is 2. The van der Waals surface area contributed by atoms with Gasteiger partial charge in [0.05, 0.1) is 21.4 Å². The summed E-state index contributed by atoms with van der Waals surface area (Å²) in [7, 11) is 2.18. The van der Waals surface area contributed by atoms with Gasteiger partial charge in [-0.15, -0.1) is 0 Å². The number of amides is 1. The van der Waals surface area contributed by atoms with Crippen LogP contribution >= 0.6 is 9.47 Å². The molecule has 31 heavy (non-hydrogen) atoms. The van der Waals surface area contributed by atoms with Crippen LogP contribution in [0.2, 0.25) is 0 Å². The minimum Gasteiger partial charge on any atom is -0.480 e. The van der Waals surface area contributed by atoms with Crippen molar-refractivity contribution in [1.29, 1.82) is 0 Å². The van der Waals surface area contributed by atoms with Crippen molar-refractivity contribution >= 4 is 26.8 Å². The highest BCUT2D eigenvalue weighted by atomic mass is 31.0. The van der Waals surface area contributed by atoms with Crippen molar-refractivity contribution in [2.75, 3.05) is 4.90 Å². The van der Waals surface area contributed by atoms with E-state index in [1.807, 2.05) is 12.1 Å². The monoisotopic (exact) mass is 439 g/mol. The summed E-state index contributed by atoms with van der Waals surface area (Å²) in [6.45, 7) is 0. The zero-order valence-electron chi connectivity index (χ0n) is 16.5. The molecule has 0 radical (unpaired) electrons. The Morgan fingerprint density at radius 2 is 1.48 bits per heavy atom. The molecule has 3 atom stereocenters. The van der Waals surface area contributed by atoms with E-state index in [2.05, 4.69) is 9.47 Å². The first-order valence-corrected chi connectivity index (χ1v) is 10.3. The Labute approximate surface area is 181 Å². The number of carbonyl (C=O) groups is 2. The maximum Gasteiger partial charge on any atom is 0.233 e. The molecule has 0 aliphatic carbocycles. The molecule has 3 aromatic carbocycles. The number of nitrogens with zero attached hydrogens (tertiary/aromatic N) is 1. The van der Waals surface area contributed by atoms with Gasteiger partial charge in [0.15, 0.2) is 5.78 Å². The van der Waals surface area contributed by atoms with Gasteiger partial charge in [-0.3, -0.25) is 9.59 Å². The van der Waals surface area contributed by atoms with Crippen LogP contribution in [-0.4, -0.2) is 11.7 Å². The van der Waals surface area contributed by atoms with E-state index in [-0.39, 0.29) is 30.0 Å². The molecular formula is C24H20F2NO3P. The average Bonchev–Trinajstić information content (AvgIpc) is 2.79. The molecule has 3 aromatic rings. The Hall–Kier alpha value is -3.11. The second-order valence-corrected chi connectivity index (χ2v) is 7.63. The van der Waals surface area contributed by atoms with Crippen LogP contribution < -0.4 is 9.42 Å². The van der Waals surface area contributed by atoms with Crippen LogP contribution in [0.1, 0.15) is 34.8 Å². The Morgan fingerprint density at radius 1 is 0.903 bits per heavy atom. The van der Waals surface area contributed by atoms with Gasteiger partial charge in [0.25, 0.3) is 0 Å².